The third-order valence-electron chi connectivity index (χ3n) is 0.616. The Kier molecular flexibility index (Phi) is 4.44. The topological polar surface area (TPSA) is 75.3 Å². The van der Waals surface area contributed by atoms with E-state index in [-0.39, 0.29) is 0 Å². The highest BCUT2D eigenvalue weighted by molar-refractivity contribution is 5.49. The normalized spacial score (nSPS) is 13.2. The molecule has 48 valence electrons. The highest BCUT2D eigenvalue weighted by Gasteiger charge is 1.89. The summed E-state index contributed by atoms with van der Waals surface area (Å²) in [6.07, 6.45) is 0.138. The average Bonchev–Trinajstić information content (AvgIpc) is 1.66. The van der Waals surface area contributed by atoms with E-state index in [1.54, 1.807) is 0 Å². The van der Waals surface area contributed by atoms with E-state index >= 15 is 0 Å². The standard InChI is InChI=1S/C4H10N2O2/c5-4(8)6-2-1-3-7/h3-4,6,8H,1-2,5H2/t4-/m0/s1. The van der Waals surface area contributed by atoms with Gasteiger partial charge in [0.15, 0.2) is 6.35 Å². The molecule has 0 aliphatic rings. The molecule has 0 amide bonds. The highest BCUT2D eigenvalue weighted by Crippen LogP contribution is 1.66. The minimum atomic E-state index is -1.00. The fourth-order valence-electron chi connectivity index (χ4n) is 0.290. The van der Waals surface area contributed by atoms with Crippen LogP contribution >= 0.6 is 0 Å². The van der Waals surface area contributed by atoms with Crippen molar-refractivity contribution >= 4 is 6.29 Å². The maximum Gasteiger partial charge on any atom is 0.157 e. The molecule has 4 nitrogen and oxygen atoms in total. The molecule has 0 spiro atoms. The molecule has 0 rings (SSSR count). The summed E-state index contributed by atoms with van der Waals surface area (Å²) in [5.41, 5.74) is 4.86. The summed E-state index contributed by atoms with van der Waals surface area (Å²) < 4.78 is 0. The first-order valence-corrected chi connectivity index (χ1v) is 2.38. The number of hydrogen-bond donors (Lipinski definition) is 3. The number of aliphatic hydroxyl groups excluding tert-OH is 1. The van der Waals surface area contributed by atoms with Crippen molar-refractivity contribution in [3.63, 3.8) is 0 Å². The van der Waals surface area contributed by atoms with E-state index in [0.717, 1.165) is 6.29 Å². The number of aliphatic hydroxyl groups is 1. The Hall–Kier alpha value is -0.450. The van der Waals surface area contributed by atoms with E-state index in [0.29, 0.717) is 13.0 Å². The number of carbonyl (C=O) groups excluding carboxylic acids is 1. The average molecular weight is 118 g/mol. The van der Waals surface area contributed by atoms with Crippen molar-refractivity contribution in [2.75, 3.05) is 6.54 Å². The summed E-state index contributed by atoms with van der Waals surface area (Å²) in [7, 11) is 0. The predicted molar refractivity (Wildman–Crippen MR) is 28.9 cm³/mol. The molecular formula is C4H10N2O2. The molecule has 0 fully saturated rings. The van der Waals surface area contributed by atoms with Crippen molar-refractivity contribution < 1.29 is 9.90 Å². The van der Waals surface area contributed by atoms with Gasteiger partial charge in [0, 0.05) is 13.0 Å². The quantitative estimate of drug-likeness (QED) is 0.236. The van der Waals surface area contributed by atoms with Crippen LogP contribution in [0.1, 0.15) is 6.42 Å². The van der Waals surface area contributed by atoms with Crippen molar-refractivity contribution in [3.05, 3.63) is 0 Å². The van der Waals surface area contributed by atoms with E-state index in [1.807, 2.05) is 0 Å². The number of carbonyl (C=O) groups is 1. The molecule has 0 aromatic rings. The van der Waals surface area contributed by atoms with Crippen LogP contribution in [0.5, 0.6) is 0 Å². The smallest absolute Gasteiger partial charge is 0.157 e. The molecule has 1 atom stereocenters. The van der Waals surface area contributed by atoms with E-state index < -0.39 is 6.35 Å². The second-order valence-electron chi connectivity index (χ2n) is 1.35. The number of nitrogens with one attached hydrogen (secondary N) is 1. The fraction of sp³-hybridized carbons (Fsp3) is 0.750. The van der Waals surface area contributed by atoms with Gasteiger partial charge in [-0.3, -0.25) is 11.1 Å². The van der Waals surface area contributed by atoms with Crippen molar-refractivity contribution in [1.29, 1.82) is 0 Å². The zero-order valence-electron chi connectivity index (χ0n) is 4.50. The van der Waals surface area contributed by atoms with E-state index in [4.69, 9.17) is 10.8 Å². The maximum absolute atomic E-state index is 9.62. The van der Waals surface area contributed by atoms with Crippen LogP contribution in [0.25, 0.3) is 0 Å². The van der Waals surface area contributed by atoms with Crippen molar-refractivity contribution in [1.82, 2.24) is 5.32 Å². The summed E-state index contributed by atoms with van der Waals surface area (Å²) in [6.45, 7) is 0.432. The van der Waals surface area contributed by atoms with Gasteiger partial charge in [0.25, 0.3) is 0 Å². The van der Waals surface area contributed by atoms with Crippen LogP contribution in [0.3, 0.4) is 0 Å². The highest BCUT2D eigenvalue weighted by atomic mass is 16.3. The molecule has 0 saturated carbocycles. The summed E-state index contributed by atoms with van der Waals surface area (Å²) in [5.74, 6) is 0. The van der Waals surface area contributed by atoms with Gasteiger partial charge in [-0.15, -0.1) is 0 Å². The Labute approximate surface area is 47.7 Å². The van der Waals surface area contributed by atoms with Crippen molar-refractivity contribution in [2.45, 2.75) is 12.8 Å². The van der Waals surface area contributed by atoms with Gasteiger partial charge < -0.3 is 9.90 Å². The van der Waals surface area contributed by atoms with Crippen LogP contribution < -0.4 is 11.1 Å². The fourth-order valence-corrected chi connectivity index (χ4v) is 0.290. The van der Waals surface area contributed by atoms with Gasteiger partial charge in [-0.2, -0.15) is 0 Å². The first-order chi connectivity index (χ1) is 3.77. The third kappa shape index (κ3) is 5.55. The van der Waals surface area contributed by atoms with E-state index in [9.17, 15) is 4.79 Å². The number of aldehydes is 1. The maximum atomic E-state index is 9.62. The molecule has 0 unspecified atom stereocenters. The first kappa shape index (κ1) is 7.55. The molecule has 4 N–H and O–H groups in total. The van der Waals surface area contributed by atoms with Crippen LogP contribution in [0.4, 0.5) is 0 Å². The molecule has 0 heterocycles. The Bertz CT molecular complexity index is 65.1. The molecule has 0 aromatic heterocycles. The summed E-state index contributed by atoms with van der Waals surface area (Å²) in [5, 5.41) is 10.8. The minimum Gasteiger partial charge on any atom is -0.366 e. The number of rotatable bonds is 4. The minimum absolute atomic E-state index is 0.383. The van der Waals surface area contributed by atoms with Crippen molar-refractivity contribution in [2.24, 2.45) is 5.73 Å². The lowest BCUT2D eigenvalue weighted by Gasteiger charge is -2.02. The Morgan fingerprint density at radius 1 is 1.88 bits per heavy atom. The molecule has 0 bridgehead atoms. The van der Waals surface area contributed by atoms with Crippen molar-refractivity contribution in [3.8, 4) is 0 Å². The van der Waals surface area contributed by atoms with Gasteiger partial charge in [0.2, 0.25) is 0 Å². The molecule has 0 saturated heterocycles. The molecule has 0 radical (unpaired) electrons. The van der Waals surface area contributed by atoms with Gasteiger partial charge in [-0.05, 0) is 0 Å². The van der Waals surface area contributed by atoms with Gasteiger partial charge in [-0.25, -0.2) is 0 Å². The zero-order chi connectivity index (χ0) is 6.41. The second kappa shape index (κ2) is 4.70. The summed E-state index contributed by atoms with van der Waals surface area (Å²) >= 11 is 0. The molecule has 8 heavy (non-hydrogen) atoms. The second-order valence-corrected chi connectivity index (χ2v) is 1.35. The van der Waals surface area contributed by atoms with Crippen LogP contribution in [0.2, 0.25) is 0 Å². The molecule has 4 heteroatoms. The summed E-state index contributed by atoms with van der Waals surface area (Å²) in [6, 6.07) is 0. The monoisotopic (exact) mass is 118 g/mol. The van der Waals surface area contributed by atoms with Gasteiger partial charge in [0.05, 0.1) is 0 Å². The SMILES string of the molecule is N[C@H](O)NCCC=O. The lowest BCUT2D eigenvalue weighted by atomic mass is 10.5. The van der Waals surface area contributed by atoms with Crippen LogP contribution in [0, 0.1) is 0 Å². The molecule has 0 aliphatic heterocycles. The third-order valence-corrected chi connectivity index (χ3v) is 0.616. The number of hydrogen-bond acceptors (Lipinski definition) is 4. The summed E-state index contributed by atoms with van der Waals surface area (Å²) in [4.78, 5) is 9.62. The van der Waals surface area contributed by atoms with Gasteiger partial charge in [0.1, 0.15) is 6.29 Å². The largest absolute Gasteiger partial charge is 0.366 e. The van der Waals surface area contributed by atoms with E-state index in [2.05, 4.69) is 5.32 Å². The Morgan fingerprint density at radius 2 is 2.50 bits per heavy atom. The lowest BCUT2D eigenvalue weighted by Crippen LogP contribution is -2.37. The lowest BCUT2D eigenvalue weighted by molar-refractivity contribution is -0.107. The van der Waals surface area contributed by atoms with Crippen LogP contribution in [-0.4, -0.2) is 24.3 Å². The predicted octanol–water partition coefficient (Wildman–Crippen LogP) is -1.60. The zero-order valence-corrected chi connectivity index (χ0v) is 4.50. The van der Waals surface area contributed by atoms with Crippen LogP contribution in [0.15, 0.2) is 0 Å². The first-order valence-electron chi connectivity index (χ1n) is 2.38. The Balaban J connectivity index is 2.81. The van der Waals surface area contributed by atoms with Gasteiger partial charge in [-0.1, -0.05) is 0 Å². The molecular weight excluding hydrogens is 108 g/mol. The Morgan fingerprint density at radius 3 is 2.88 bits per heavy atom. The van der Waals surface area contributed by atoms with Crippen LogP contribution in [-0.2, 0) is 4.79 Å². The van der Waals surface area contributed by atoms with E-state index in [1.165, 1.54) is 0 Å². The number of nitrogens with two attached hydrogens (primary N) is 1. The molecule has 0 aromatic carbocycles. The molecule has 0 aliphatic carbocycles. The van der Waals surface area contributed by atoms with Gasteiger partial charge >= 0.3 is 0 Å².